The van der Waals surface area contributed by atoms with E-state index < -0.39 is 0 Å². The lowest BCUT2D eigenvalue weighted by atomic mass is 9.90. The Morgan fingerprint density at radius 3 is 2.85 bits per heavy atom. The highest BCUT2D eigenvalue weighted by atomic mass is 32.1. The van der Waals surface area contributed by atoms with Gasteiger partial charge in [0.05, 0.1) is 35.6 Å². The molecule has 0 aliphatic carbocycles. The lowest BCUT2D eigenvalue weighted by Gasteiger charge is -2.36. The fraction of sp³-hybridized carbons (Fsp3) is 0.529. The Morgan fingerprint density at radius 2 is 2.04 bits per heavy atom. The van der Waals surface area contributed by atoms with E-state index in [9.17, 15) is 0 Å². The molecule has 0 aromatic carbocycles. The number of morpholine rings is 1. The van der Waals surface area contributed by atoms with Crippen molar-refractivity contribution in [3.63, 3.8) is 0 Å². The predicted molar refractivity (Wildman–Crippen MR) is 104 cm³/mol. The minimum absolute atomic E-state index is 0.213. The largest absolute Gasteiger partial charge is 0.378 e. The van der Waals surface area contributed by atoms with Crippen molar-refractivity contribution >= 4 is 49.8 Å². The first kappa shape index (κ1) is 16.5. The molecule has 0 atom stereocenters. The molecule has 5 rings (SSSR count). The summed E-state index contributed by atoms with van der Waals surface area (Å²) < 4.78 is 13.1. The first-order valence-electron chi connectivity index (χ1n) is 8.69. The number of hydrogen-bond donors (Lipinski definition) is 1. The summed E-state index contributed by atoms with van der Waals surface area (Å²) in [7, 11) is 0. The van der Waals surface area contributed by atoms with Gasteiger partial charge in [-0.05, 0) is 19.4 Å². The van der Waals surface area contributed by atoms with Crippen molar-refractivity contribution in [2.45, 2.75) is 32.5 Å². The van der Waals surface area contributed by atoms with Crippen LogP contribution in [-0.4, -0.2) is 52.3 Å². The van der Waals surface area contributed by atoms with E-state index in [2.05, 4.69) is 34.2 Å². The summed E-state index contributed by atoms with van der Waals surface area (Å²) in [5.74, 6) is 1.02. The molecule has 3 aromatic rings. The molecule has 0 amide bonds. The van der Waals surface area contributed by atoms with Crippen LogP contribution in [-0.2, 0) is 22.5 Å². The second kappa shape index (κ2) is 5.91. The summed E-state index contributed by atoms with van der Waals surface area (Å²) in [6, 6.07) is 0. The van der Waals surface area contributed by atoms with Crippen LogP contribution in [0.5, 0.6) is 0 Å². The molecule has 136 valence electrons. The summed E-state index contributed by atoms with van der Waals surface area (Å²) in [6.45, 7) is 7.98. The van der Waals surface area contributed by atoms with Crippen LogP contribution in [0.15, 0.2) is 0 Å². The second-order valence-corrected chi connectivity index (χ2v) is 8.71. The third-order valence-corrected chi connectivity index (χ3v) is 6.56. The van der Waals surface area contributed by atoms with Gasteiger partial charge in [-0.3, -0.25) is 5.10 Å². The van der Waals surface area contributed by atoms with Crippen LogP contribution in [0.3, 0.4) is 0 Å². The molecule has 0 unspecified atom stereocenters. The average molecular weight is 390 g/mol. The number of nitrogens with zero attached hydrogens (tertiary/aromatic N) is 4. The molecule has 0 radical (unpaired) electrons. The third kappa shape index (κ3) is 2.53. The van der Waals surface area contributed by atoms with Crippen molar-refractivity contribution in [1.82, 2.24) is 20.4 Å². The number of thiophene rings is 1. The zero-order valence-electron chi connectivity index (χ0n) is 14.7. The number of fused-ring (bicyclic) bond motifs is 5. The molecular weight excluding hydrogens is 370 g/mol. The lowest BCUT2D eigenvalue weighted by Crippen LogP contribution is -2.39. The van der Waals surface area contributed by atoms with Crippen molar-refractivity contribution < 1.29 is 9.47 Å². The van der Waals surface area contributed by atoms with Gasteiger partial charge in [-0.2, -0.15) is 0 Å². The van der Waals surface area contributed by atoms with Crippen LogP contribution in [0.25, 0.3) is 20.4 Å². The van der Waals surface area contributed by atoms with Crippen LogP contribution in [0, 0.1) is 4.64 Å². The van der Waals surface area contributed by atoms with Crippen LogP contribution in [0.1, 0.15) is 25.0 Å². The van der Waals surface area contributed by atoms with Gasteiger partial charge < -0.3 is 14.4 Å². The second-order valence-electron chi connectivity index (χ2n) is 7.32. The van der Waals surface area contributed by atoms with Crippen LogP contribution in [0.2, 0.25) is 0 Å². The summed E-state index contributed by atoms with van der Waals surface area (Å²) in [5.41, 5.74) is 3.20. The van der Waals surface area contributed by atoms with E-state index in [1.807, 2.05) is 0 Å². The fourth-order valence-electron chi connectivity index (χ4n) is 3.78. The first-order chi connectivity index (χ1) is 12.5. The maximum atomic E-state index is 6.13. The Balaban J connectivity index is 1.83. The normalized spacial score (nSPS) is 19.8. The van der Waals surface area contributed by atoms with E-state index >= 15 is 0 Å². The SMILES string of the molecule is CC1(C)Cc2c(c(N3CCOCC3)nc3sc4c(=S)nn[nH]c4c23)CO1. The van der Waals surface area contributed by atoms with Gasteiger partial charge in [-0.25, -0.2) is 4.98 Å². The number of H-pyrrole nitrogens is 1. The zero-order chi connectivity index (χ0) is 17.9. The number of rotatable bonds is 1. The van der Waals surface area contributed by atoms with Gasteiger partial charge in [-0.1, -0.05) is 17.4 Å². The van der Waals surface area contributed by atoms with Crippen molar-refractivity contribution in [2.24, 2.45) is 0 Å². The van der Waals surface area contributed by atoms with Crippen molar-refractivity contribution in [1.29, 1.82) is 0 Å². The smallest absolute Gasteiger partial charge is 0.169 e. The number of anilines is 1. The molecule has 0 saturated carbocycles. The van der Waals surface area contributed by atoms with Gasteiger partial charge >= 0.3 is 0 Å². The summed E-state index contributed by atoms with van der Waals surface area (Å²) in [6.07, 6.45) is 0.827. The fourth-order valence-corrected chi connectivity index (χ4v) is 5.08. The Kier molecular flexibility index (Phi) is 3.75. The molecule has 7 nitrogen and oxygen atoms in total. The minimum atomic E-state index is -0.213. The predicted octanol–water partition coefficient (Wildman–Crippen LogP) is 2.98. The Hall–Kier alpha value is -1.68. The zero-order valence-corrected chi connectivity index (χ0v) is 16.3. The molecule has 1 N–H and O–H groups in total. The van der Waals surface area contributed by atoms with Crippen molar-refractivity contribution in [3.05, 3.63) is 15.8 Å². The average Bonchev–Trinajstić information content (AvgIpc) is 3.01. The number of aromatic amines is 1. The highest BCUT2D eigenvalue weighted by Crippen LogP contribution is 2.42. The van der Waals surface area contributed by atoms with Crippen LogP contribution >= 0.6 is 23.6 Å². The molecule has 26 heavy (non-hydrogen) atoms. The standard InChI is InChI=1S/C17H19N5O2S2/c1-17(2)7-9-10(8-24-17)14(22-3-5-23-6-4-22)18-16-11(9)12-13(26-16)15(25)20-21-19-12/h3-8H2,1-2H3,(H,19,20,25). The number of aromatic nitrogens is 4. The van der Waals surface area contributed by atoms with Crippen molar-refractivity contribution in [2.75, 3.05) is 31.2 Å². The summed E-state index contributed by atoms with van der Waals surface area (Å²) in [4.78, 5) is 8.32. The van der Waals surface area contributed by atoms with Crippen LogP contribution < -0.4 is 4.90 Å². The van der Waals surface area contributed by atoms with Gasteiger partial charge in [0.15, 0.2) is 4.64 Å². The third-order valence-electron chi connectivity index (χ3n) is 5.05. The molecule has 2 aliphatic heterocycles. The van der Waals surface area contributed by atoms with E-state index in [-0.39, 0.29) is 5.60 Å². The van der Waals surface area contributed by atoms with E-state index in [0.717, 1.165) is 59.0 Å². The molecule has 0 bridgehead atoms. The van der Waals surface area contributed by atoms with Gasteiger partial charge in [0.2, 0.25) is 0 Å². The number of hydrogen-bond acceptors (Lipinski definition) is 8. The van der Waals surface area contributed by atoms with Crippen molar-refractivity contribution in [3.8, 4) is 0 Å². The Bertz CT molecular complexity index is 1070. The molecule has 0 spiro atoms. The minimum Gasteiger partial charge on any atom is -0.378 e. The number of ether oxygens (including phenoxy) is 2. The Morgan fingerprint density at radius 1 is 1.23 bits per heavy atom. The van der Waals surface area contributed by atoms with E-state index in [4.69, 9.17) is 26.7 Å². The monoisotopic (exact) mass is 389 g/mol. The van der Waals surface area contributed by atoms with Gasteiger partial charge in [0, 0.05) is 30.5 Å². The van der Waals surface area contributed by atoms with Gasteiger partial charge in [0.25, 0.3) is 0 Å². The van der Waals surface area contributed by atoms with E-state index in [0.29, 0.717) is 11.2 Å². The quantitative estimate of drug-likeness (QED) is 0.641. The highest BCUT2D eigenvalue weighted by molar-refractivity contribution is 7.71. The topological polar surface area (TPSA) is 76.2 Å². The number of pyridine rings is 1. The maximum absolute atomic E-state index is 6.13. The molecule has 2 aliphatic rings. The van der Waals surface area contributed by atoms with Gasteiger partial charge in [0.1, 0.15) is 10.6 Å². The van der Waals surface area contributed by atoms with E-state index in [1.165, 1.54) is 11.1 Å². The maximum Gasteiger partial charge on any atom is 0.169 e. The molecule has 5 heterocycles. The van der Waals surface area contributed by atoms with Crippen LogP contribution in [0.4, 0.5) is 5.82 Å². The molecule has 1 fully saturated rings. The number of nitrogens with one attached hydrogen (secondary N) is 1. The summed E-state index contributed by atoms with van der Waals surface area (Å²) >= 11 is 6.98. The molecule has 3 aromatic heterocycles. The summed E-state index contributed by atoms with van der Waals surface area (Å²) in [5, 5.41) is 12.1. The highest BCUT2D eigenvalue weighted by Gasteiger charge is 2.33. The Labute approximate surface area is 159 Å². The molecule has 9 heteroatoms. The lowest BCUT2D eigenvalue weighted by molar-refractivity contribution is -0.0396. The van der Waals surface area contributed by atoms with E-state index in [1.54, 1.807) is 11.3 Å². The molecular formula is C17H19N5O2S2. The first-order valence-corrected chi connectivity index (χ1v) is 9.92. The molecule has 1 saturated heterocycles. The van der Waals surface area contributed by atoms with Gasteiger partial charge in [-0.15, -0.1) is 16.4 Å².